The molecule has 2 aliphatic heterocycles. The van der Waals surface area contributed by atoms with Gasteiger partial charge in [0.05, 0.1) is 32.2 Å². The minimum atomic E-state index is -3.30. The molecule has 12 heteroatoms. The third-order valence-corrected chi connectivity index (χ3v) is 8.69. The van der Waals surface area contributed by atoms with E-state index in [9.17, 15) is 8.42 Å². The smallest absolute Gasteiger partial charge is 0.214 e. The summed E-state index contributed by atoms with van der Waals surface area (Å²) >= 11 is 0. The van der Waals surface area contributed by atoms with Crippen LogP contribution in [-0.4, -0.2) is 125 Å². The van der Waals surface area contributed by atoms with Gasteiger partial charge >= 0.3 is 0 Å². The number of aromatic nitrogens is 1. The van der Waals surface area contributed by atoms with Crippen LogP contribution in [0.1, 0.15) is 32.1 Å². The molecule has 0 amide bonds. The molecule has 37 heavy (non-hydrogen) atoms. The van der Waals surface area contributed by atoms with Gasteiger partial charge in [-0.1, -0.05) is 12.8 Å². The average molecular weight is 540 g/mol. The number of hydrogen-bond acceptors (Lipinski definition) is 8. The second-order valence-electron chi connectivity index (χ2n) is 9.55. The van der Waals surface area contributed by atoms with Gasteiger partial charge in [0.15, 0.2) is 5.96 Å². The third kappa shape index (κ3) is 12.1. The monoisotopic (exact) mass is 539 g/mol. The quantitative estimate of drug-likeness (QED) is 0.162. The van der Waals surface area contributed by atoms with Crippen LogP contribution in [0, 0.1) is 5.41 Å². The summed E-state index contributed by atoms with van der Waals surface area (Å²) in [5.41, 5.74) is 0.820. The average Bonchev–Trinajstić information content (AvgIpc) is 2.91. The fourth-order valence-corrected chi connectivity index (χ4v) is 6.09. The van der Waals surface area contributed by atoms with E-state index in [1.165, 1.54) is 0 Å². The van der Waals surface area contributed by atoms with Crippen LogP contribution in [0.15, 0.2) is 24.5 Å². The highest BCUT2D eigenvalue weighted by Crippen LogP contribution is 2.11. The summed E-state index contributed by atoms with van der Waals surface area (Å²) < 4.78 is 39.0. The number of hydrogen-bond donors (Lipinski definition) is 3. The maximum absolute atomic E-state index is 13.2. The van der Waals surface area contributed by atoms with Crippen molar-refractivity contribution >= 4 is 21.7 Å². The van der Waals surface area contributed by atoms with Gasteiger partial charge in [0.2, 0.25) is 10.0 Å². The van der Waals surface area contributed by atoms with Gasteiger partial charge in [-0.3, -0.25) is 20.2 Å². The number of nitrogens with one attached hydrogen (secondary N) is 3. The lowest BCUT2D eigenvalue weighted by Gasteiger charge is -2.31. The second kappa shape index (κ2) is 16.9. The Labute approximate surface area is 222 Å². The van der Waals surface area contributed by atoms with Gasteiger partial charge in [0.25, 0.3) is 0 Å². The van der Waals surface area contributed by atoms with E-state index >= 15 is 0 Å². The van der Waals surface area contributed by atoms with Crippen molar-refractivity contribution in [3.05, 3.63) is 24.5 Å². The highest BCUT2D eigenvalue weighted by molar-refractivity contribution is 7.89. The summed E-state index contributed by atoms with van der Waals surface area (Å²) in [6.45, 7) is 10.00. The van der Waals surface area contributed by atoms with Crippen molar-refractivity contribution in [2.24, 2.45) is 0 Å². The predicted octanol–water partition coefficient (Wildman–Crippen LogP) is 1.26. The Morgan fingerprint density at radius 2 is 1.51 bits per heavy atom. The van der Waals surface area contributed by atoms with Crippen molar-refractivity contribution in [3.63, 3.8) is 0 Å². The summed E-state index contributed by atoms with van der Waals surface area (Å²) in [5, 5.41) is 14.0. The Morgan fingerprint density at radius 3 is 2.19 bits per heavy atom. The van der Waals surface area contributed by atoms with Gasteiger partial charge in [0, 0.05) is 70.4 Å². The summed E-state index contributed by atoms with van der Waals surface area (Å²) in [4.78, 5) is 8.61. The van der Waals surface area contributed by atoms with Gasteiger partial charge < -0.3 is 20.1 Å². The number of unbranched alkanes of at least 4 members (excludes halogenated alkanes) is 3. The molecule has 210 valence electrons. The van der Waals surface area contributed by atoms with Gasteiger partial charge in [-0.15, -0.1) is 0 Å². The highest BCUT2D eigenvalue weighted by Gasteiger charge is 2.23. The highest BCUT2D eigenvalue weighted by atomic mass is 32.2. The first-order chi connectivity index (χ1) is 18.0. The Hall–Kier alpha value is -1.83. The van der Waals surface area contributed by atoms with E-state index in [-0.39, 0.29) is 11.7 Å². The molecule has 2 saturated heterocycles. The molecule has 1 aromatic rings. The molecule has 2 aliphatic rings. The molecule has 0 radical (unpaired) electrons. The van der Waals surface area contributed by atoms with Crippen LogP contribution in [0.25, 0.3) is 0 Å². The van der Waals surface area contributed by atoms with E-state index in [4.69, 9.17) is 14.9 Å². The molecule has 0 unspecified atom stereocenters. The van der Waals surface area contributed by atoms with Crippen molar-refractivity contribution < 1.29 is 17.9 Å². The third-order valence-electron chi connectivity index (χ3n) is 6.73. The first-order valence-electron chi connectivity index (χ1n) is 13.6. The second-order valence-corrected chi connectivity index (χ2v) is 11.6. The predicted molar refractivity (Wildman–Crippen MR) is 147 cm³/mol. The number of pyridine rings is 1. The molecule has 0 spiro atoms. The van der Waals surface area contributed by atoms with E-state index in [0.717, 1.165) is 97.1 Å². The van der Waals surface area contributed by atoms with E-state index in [1.807, 2.05) is 12.1 Å². The number of morpholine rings is 2. The molecule has 2 fully saturated rings. The molecule has 0 saturated carbocycles. The Kier molecular flexibility index (Phi) is 13.6. The molecular formula is C25H45N7O4S. The lowest BCUT2D eigenvalue weighted by Crippen LogP contribution is -2.44. The van der Waals surface area contributed by atoms with Crippen LogP contribution in [0.4, 0.5) is 5.69 Å². The van der Waals surface area contributed by atoms with E-state index in [0.29, 0.717) is 26.1 Å². The standard InChI is InChI=1S/C25H45N7O4S/c26-25(29-24-6-9-27-10-7-24)28-8-3-1-2-4-23-37(33,34)32(14-13-31-17-21-36-22-18-31)12-5-11-30-15-19-35-20-16-30/h6-7,9-10H,1-5,8,11-23H2,(H3,26,27,28,29). The molecule has 3 N–H and O–H groups in total. The van der Waals surface area contributed by atoms with Crippen LogP contribution < -0.4 is 10.6 Å². The summed E-state index contributed by atoms with van der Waals surface area (Å²) in [6.07, 6.45) is 7.53. The Morgan fingerprint density at radius 1 is 0.892 bits per heavy atom. The zero-order chi connectivity index (χ0) is 26.2. The lowest BCUT2D eigenvalue weighted by atomic mass is 10.2. The van der Waals surface area contributed by atoms with Crippen molar-refractivity contribution in [2.45, 2.75) is 32.1 Å². The number of sulfonamides is 1. The molecule has 0 atom stereocenters. The topological polar surface area (TPSA) is 123 Å². The summed E-state index contributed by atoms with van der Waals surface area (Å²) in [7, 11) is -3.30. The molecule has 0 aromatic carbocycles. The number of rotatable bonds is 16. The number of ether oxygens (including phenoxy) is 2. The van der Waals surface area contributed by atoms with E-state index in [1.54, 1.807) is 16.7 Å². The molecule has 3 heterocycles. The van der Waals surface area contributed by atoms with Crippen LogP contribution in [0.2, 0.25) is 0 Å². The normalized spacial score (nSPS) is 17.6. The maximum atomic E-state index is 13.2. The van der Waals surface area contributed by atoms with Gasteiger partial charge in [-0.2, -0.15) is 0 Å². The van der Waals surface area contributed by atoms with Crippen molar-refractivity contribution in [3.8, 4) is 0 Å². The largest absolute Gasteiger partial charge is 0.379 e. The zero-order valence-electron chi connectivity index (χ0n) is 22.1. The van der Waals surface area contributed by atoms with Gasteiger partial charge in [-0.05, 0) is 37.9 Å². The SMILES string of the molecule is N=C(NCCCCCCS(=O)(=O)N(CCCN1CCOCC1)CCN1CCOCC1)Nc1ccncc1. The molecule has 11 nitrogen and oxygen atoms in total. The van der Waals surface area contributed by atoms with Crippen molar-refractivity contribution in [1.29, 1.82) is 5.41 Å². The van der Waals surface area contributed by atoms with E-state index < -0.39 is 10.0 Å². The van der Waals surface area contributed by atoms with Crippen molar-refractivity contribution in [1.82, 2.24) is 24.4 Å². The van der Waals surface area contributed by atoms with Crippen LogP contribution >= 0.6 is 0 Å². The summed E-state index contributed by atoms with van der Waals surface area (Å²) in [5.74, 6) is 0.447. The maximum Gasteiger partial charge on any atom is 0.214 e. The number of guanidine groups is 1. The molecule has 0 bridgehead atoms. The molecule has 0 aliphatic carbocycles. The Bertz CT molecular complexity index is 863. The summed E-state index contributed by atoms with van der Waals surface area (Å²) in [6, 6.07) is 3.62. The van der Waals surface area contributed by atoms with Crippen LogP contribution in [0.3, 0.4) is 0 Å². The first kappa shape index (κ1) is 29.7. The first-order valence-corrected chi connectivity index (χ1v) is 15.2. The van der Waals surface area contributed by atoms with Gasteiger partial charge in [-0.25, -0.2) is 12.7 Å². The fourth-order valence-electron chi connectivity index (χ4n) is 4.49. The number of nitrogens with zero attached hydrogens (tertiary/aromatic N) is 4. The fraction of sp³-hybridized carbons (Fsp3) is 0.760. The zero-order valence-corrected chi connectivity index (χ0v) is 22.9. The van der Waals surface area contributed by atoms with Crippen molar-refractivity contribution in [2.75, 3.05) is 96.4 Å². The Balaban J connectivity index is 1.34. The van der Waals surface area contributed by atoms with Gasteiger partial charge in [0.1, 0.15) is 0 Å². The lowest BCUT2D eigenvalue weighted by molar-refractivity contribution is 0.0339. The molecule has 3 rings (SSSR count). The minimum Gasteiger partial charge on any atom is -0.379 e. The van der Waals surface area contributed by atoms with E-state index in [2.05, 4.69) is 25.4 Å². The van der Waals surface area contributed by atoms with Crippen LogP contribution in [0.5, 0.6) is 0 Å². The molecular weight excluding hydrogens is 494 g/mol. The van der Waals surface area contributed by atoms with Crippen LogP contribution in [-0.2, 0) is 19.5 Å². The number of anilines is 1. The molecule has 1 aromatic heterocycles. The minimum absolute atomic E-state index is 0.195.